The number of aromatic carboxylic acids is 1. The Morgan fingerprint density at radius 1 is 1.27 bits per heavy atom. The molecule has 1 amide bonds. The van der Waals surface area contributed by atoms with Crippen LogP contribution in [0.25, 0.3) is 0 Å². The van der Waals surface area contributed by atoms with E-state index in [0.717, 1.165) is 11.3 Å². The number of amides is 1. The lowest BCUT2D eigenvalue weighted by Crippen LogP contribution is -2.24. The van der Waals surface area contributed by atoms with Gasteiger partial charge in [0.25, 0.3) is 5.91 Å². The molecule has 0 fully saturated rings. The number of hydrogen-bond acceptors (Lipinski definition) is 8. The maximum atomic E-state index is 12.2. The van der Waals surface area contributed by atoms with Crippen molar-refractivity contribution in [2.45, 2.75) is 6.54 Å². The molecule has 2 rings (SSSR count). The molecule has 116 valence electrons. The van der Waals surface area contributed by atoms with Crippen molar-refractivity contribution in [1.82, 2.24) is 20.3 Å². The summed E-state index contributed by atoms with van der Waals surface area (Å²) in [6, 6.07) is 0. The molecule has 0 unspecified atom stereocenters. The highest BCUT2D eigenvalue weighted by atomic mass is 32.1. The monoisotopic (exact) mass is 324 g/mol. The van der Waals surface area contributed by atoms with Crippen molar-refractivity contribution in [2.24, 2.45) is 0 Å². The fourth-order valence-electron chi connectivity index (χ4n) is 1.59. The number of nitrogens with one attached hydrogen (secondary N) is 1. The number of aromatic nitrogens is 3. The molecule has 0 saturated carbocycles. The number of nitrogens with zero attached hydrogens (tertiary/aromatic N) is 3. The van der Waals surface area contributed by atoms with E-state index in [4.69, 9.17) is 14.6 Å². The molecule has 2 heterocycles. The topological polar surface area (TPSA) is 124 Å². The molecule has 0 radical (unpaired) electrons. The number of rotatable bonds is 6. The van der Waals surface area contributed by atoms with E-state index in [-0.39, 0.29) is 29.6 Å². The summed E-state index contributed by atoms with van der Waals surface area (Å²) in [5.41, 5.74) is -0.00466. The quantitative estimate of drug-likeness (QED) is 0.791. The number of carbonyl (C=O) groups is 2. The largest absolute Gasteiger partial charge is 0.480 e. The summed E-state index contributed by atoms with van der Waals surface area (Å²) in [6.45, 7) is 0.0674. The van der Waals surface area contributed by atoms with E-state index in [0.29, 0.717) is 5.01 Å². The Balaban J connectivity index is 2.13. The van der Waals surface area contributed by atoms with Gasteiger partial charge in [0.15, 0.2) is 11.3 Å². The lowest BCUT2D eigenvalue weighted by atomic mass is 10.3. The average Bonchev–Trinajstić information content (AvgIpc) is 3.00. The number of carboxylic acid groups (broad SMARTS) is 1. The van der Waals surface area contributed by atoms with E-state index in [1.54, 1.807) is 0 Å². The summed E-state index contributed by atoms with van der Waals surface area (Å²) < 4.78 is 10.0. The molecule has 0 aromatic carbocycles. The molecule has 10 heteroatoms. The zero-order chi connectivity index (χ0) is 16.1. The Labute approximate surface area is 129 Å². The van der Waals surface area contributed by atoms with Crippen molar-refractivity contribution < 1.29 is 24.2 Å². The van der Waals surface area contributed by atoms with Crippen LogP contribution < -0.4 is 14.8 Å². The third kappa shape index (κ3) is 3.28. The second-order valence-corrected chi connectivity index (χ2v) is 4.82. The number of thiazole rings is 1. The van der Waals surface area contributed by atoms with Gasteiger partial charge in [0.1, 0.15) is 11.3 Å². The van der Waals surface area contributed by atoms with Crippen LogP contribution in [-0.4, -0.2) is 46.2 Å². The van der Waals surface area contributed by atoms with E-state index in [9.17, 15) is 9.59 Å². The number of carboxylic acids is 1. The number of ether oxygens (including phenoxy) is 2. The van der Waals surface area contributed by atoms with Gasteiger partial charge in [0, 0.05) is 5.38 Å². The van der Waals surface area contributed by atoms with Crippen molar-refractivity contribution in [2.75, 3.05) is 14.2 Å². The van der Waals surface area contributed by atoms with Crippen LogP contribution in [0.3, 0.4) is 0 Å². The molecule has 0 bridgehead atoms. The molecule has 2 aromatic heterocycles. The minimum atomic E-state index is -1.12. The standard InChI is InChI=1S/C12H12N4O5S/c1-20-10-8(11(21-2)15-5-14-10)9(17)13-3-7-16-6(4-22-7)12(18)19/h4-5H,3H2,1-2H3,(H,13,17)(H,18,19). The maximum Gasteiger partial charge on any atom is 0.355 e. The molecule has 0 spiro atoms. The van der Waals surface area contributed by atoms with Gasteiger partial charge in [0.2, 0.25) is 11.8 Å². The second-order valence-electron chi connectivity index (χ2n) is 3.88. The highest BCUT2D eigenvalue weighted by Gasteiger charge is 2.21. The van der Waals surface area contributed by atoms with E-state index >= 15 is 0 Å². The predicted molar refractivity (Wildman–Crippen MR) is 75.4 cm³/mol. The minimum Gasteiger partial charge on any atom is -0.480 e. The maximum absolute atomic E-state index is 12.2. The Morgan fingerprint density at radius 2 is 1.91 bits per heavy atom. The number of methoxy groups -OCH3 is 2. The van der Waals surface area contributed by atoms with Gasteiger partial charge in [-0.2, -0.15) is 0 Å². The van der Waals surface area contributed by atoms with Crippen LogP contribution in [0.15, 0.2) is 11.7 Å². The lowest BCUT2D eigenvalue weighted by Gasteiger charge is -2.10. The zero-order valence-corrected chi connectivity index (χ0v) is 12.5. The van der Waals surface area contributed by atoms with Crippen LogP contribution in [0.2, 0.25) is 0 Å². The van der Waals surface area contributed by atoms with E-state index in [1.165, 1.54) is 25.9 Å². The van der Waals surface area contributed by atoms with Crippen molar-refractivity contribution in [1.29, 1.82) is 0 Å². The van der Waals surface area contributed by atoms with Crippen molar-refractivity contribution in [3.8, 4) is 11.8 Å². The molecule has 2 aromatic rings. The highest BCUT2D eigenvalue weighted by Crippen LogP contribution is 2.23. The first-order valence-corrected chi connectivity index (χ1v) is 6.83. The van der Waals surface area contributed by atoms with E-state index in [1.807, 2.05) is 0 Å². The van der Waals surface area contributed by atoms with Gasteiger partial charge in [-0.3, -0.25) is 4.79 Å². The van der Waals surface area contributed by atoms with Gasteiger partial charge < -0.3 is 19.9 Å². The van der Waals surface area contributed by atoms with Crippen molar-refractivity contribution in [3.05, 3.63) is 28.0 Å². The predicted octanol–water partition coefficient (Wildman–Crippen LogP) is 0.579. The third-order valence-corrected chi connectivity index (χ3v) is 3.41. The van der Waals surface area contributed by atoms with Gasteiger partial charge in [-0.1, -0.05) is 0 Å². The molecule has 0 aliphatic rings. The molecule has 0 saturated heterocycles. The summed E-state index contributed by atoms with van der Waals surface area (Å²) >= 11 is 1.13. The summed E-state index contributed by atoms with van der Waals surface area (Å²) in [6.07, 6.45) is 1.22. The average molecular weight is 324 g/mol. The van der Waals surface area contributed by atoms with Gasteiger partial charge in [-0.05, 0) is 0 Å². The molecule has 9 nitrogen and oxygen atoms in total. The first kappa shape index (κ1) is 15.6. The Bertz CT molecular complexity index is 680. The van der Waals surface area contributed by atoms with Crippen LogP contribution >= 0.6 is 11.3 Å². The van der Waals surface area contributed by atoms with Gasteiger partial charge in [0.05, 0.1) is 20.8 Å². The SMILES string of the molecule is COc1ncnc(OC)c1C(=O)NCc1nc(C(=O)O)cs1. The van der Waals surface area contributed by atoms with Crippen LogP contribution in [0, 0.1) is 0 Å². The lowest BCUT2D eigenvalue weighted by molar-refractivity contribution is 0.0691. The Hall–Kier alpha value is -2.75. The summed E-state index contributed by atoms with van der Waals surface area (Å²) in [5.74, 6) is -1.47. The highest BCUT2D eigenvalue weighted by molar-refractivity contribution is 7.09. The molecule has 2 N–H and O–H groups in total. The van der Waals surface area contributed by atoms with E-state index in [2.05, 4.69) is 20.3 Å². The zero-order valence-electron chi connectivity index (χ0n) is 11.7. The van der Waals surface area contributed by atoms with Gasteiger partial charge in [-0.25, -0.2) is 19.7 Å². The second kappa shape index (κ2) is 6.80. The number of hydrogen-bond donors (Lipinski definition) is 2. The molecule has 0 aliphatic heterocycles. The van der Waals surface area contributed by atoms with E-state index < -0.39 is 11.9 Å². The molecule has 22 heavy (non-hydrogen) atoms. The minimum absolute atomic E-state index is 0.0579. The third-order valence-electron chi connectivity index (χ3n) is 2.56. The van der Waals surface area contributed by atoms with Crippen LogP contribution in [0.1, 0.15) is 25.9 Å². The molecule has 0 aliphatic carbocycles. The fraction of sp³-hybridized carbons (Fsp3) is 0.250. The normalized spacial score (nSPS) is 10.1. The van der Waals surface area contributed by atoms with Gasteiger partial charge >= 0.3 is 5.97 Å². The smallest absolute Gasteiger partial charge is 0.355 e. The molecular weight excluding hydrogens is 312 g/mol. The van der Waals surface area contributed by atoms with Crippen LogP contribution in [0.4, 0.5) is 0 Å². The first-order chi connectivity index (χ1) is 10.6. The number of carbonyl (C=O) groups excluding carboxylic acids is 1. The van der Waals surface area contributed by atoms with Crippen LogP contribution in [-0.2, 0) is 6.54 Å². The van der Waals surface area contributed by atoms with Crippen molar-refractivity contribution >= 4 is 23.2 Å². The summed E-state index contributed by atoms with van der Waals surface area (Å²) in [5, 5.41) is 13.2. The summed E-state index contributed by atoms with van der Waals surface area (Å²) in [7, 11) is 2.75. The summed E-state index contributed by atoms with van der Waals surface area (Å²) in [4.78, 5) is 34.5. The fourth-order valence-corrected chi connectivity index (χ4v) is 2.30. The molecule has 0 atom stereocenters. The van der Waals surface area contributed by atoms with Crippen molar-refractivity contribution in [3.63, 3.8) is 0 Å². The molecular formula is C12H12N4O5S. The van der Waals surface area contributed by atoms with Crippen LogP contribution in [0.5, 0.6) is 11.8 Å². The van der Waals surface area contributed by atoms with Gasteiger partial charge in [-0.15, -0.1) is 11.3 Å². The Morgan fingerprint density at radius 3 is 2.41 bits per heavy atom. The first-order valence-electron chi connectivity index (χ1n) is 5.95. The Kier molecular flexibility index (Phi) is 4.84.